The second-order valence-corrected chi connectivity index (χ2v) is 6.67. The minimum absolute atomic E-state index is 0.0216. The smallest absolute Gasteiger partial charge is 0.329 e. The second-order valence-electron chi connectivity index (χ2n) is 4.75. The molecule has 0 saturated carbocycles. The average molecular weight is 348 g/mol. The summed E-state index contributed by atoms with van der Waals surface area (Å²) in [6.07, 6.45) is 0.682. The van der Waals surface area contributed by atoms with Gasteiger partial charge in [-0.05, 0) is 54.1 Å². The van der Waals surface area contributed by atoms with Crippen molar-refractivity contribution < 1.29 is 27.8 Å². The van der Waals surface area contributed by atoms with Crippen LogP contribution in [-0.2, 0) is 14.6 Å². The Balaban J connectivity index is 2.55. The molecule has 7 heteroatoms. The molecular formula is C17H16O6S. The highest BCUT2D eigenvalue weighted by Gasteiger charge is 2.23. The first-order valence-corrected chi connectivity index (χ1v) is 8.35. The molecule has 0 aromatic heterocycles. The lowest BCUT2D eigenvalue weighted by atomic mass is 10.2. The molecule has 0 aliphatic heterocycles. The van der Waals surface area contributed by atoms with Crippen LogP contribution in [0.5, 0.6) is 11.5 Å². The number of ether oxygens (including phenoxy) is 2. The normalized spacial score (nSPS) is 11.8. The minimum Gasteiger partial charge on any atom is -0.497 e. The van der Waals surface area contributed by atoms with Crippen LogP contribution in [0, 0.1) is 0 Å². The van der Waals surface area contributed by atoms with Crippen molar-refractivity contribution in [2.24, 2.45) is 0 Å². The van der Waals surface area contributed by atoms with Crippen LogP contribution in [-0.4, -0.2) is 33.7 Å². The van der Waals surface area contributed by atoms with Crippen molar-refractivity contribution in [3.05, 3.63) is 60.2 Å². The summed E-state index contributed by atoms with van der Waals surface area (Å²) >= 11 is 0. The van der Waals surface area contributed by atoms with Gasteiger partial charge in [-0.25, -0.2) is 13.2 Å². The first-order valence-electron chi connectivity index (χ1n) is 6.86. The Morgan fingerprint density at radius 2 is 1.38 bits per heavy atom. The van der Waals surface area contributed by atoms with E-state index in [1.807, 2.05) is 0 Å². The van der Waals surface area contributed by atoms with Crippen molar-refractivity contribution in [2.75, 3.05) is 14.2 Å². The maximum atomic E-state index is 12.8. The molecule has 0 aliphatic carbocycles. The SMILES string of the molecule is COc1ccc(/C(=C\C(=O)O)S(=O)(=O)c2ccc(OC)cc2)cc1. The van der Waals surface area contributed by atoms with E-state index in [4.69, 9.17) is 14.6 Å². The maximum absolute atomic E-state index is 12.8. The minimum atomic E-state index is -4.01. The number of aliphatic carboxylic acids is 1. The molecule has 0 aliphatic rings. The molecule has 6 nitrogen and oxygen atoms in total. The van der Waals surface area contributed by atoms with Gasteiger partial charge >= 0.3 is 5.97 Å². The molecule has 1 N–H and O–H groups in total. The predicted molar refractivity (Wildman–Crippen MR) is 88.8 cm³/mol. The van der Waals surface area contributed by atoms with Gasteiger partial charge in [0.25, 0.3) is 0 Å². The molecule has 24 heavy (non-hydrogen) atoms. The lowest BCUT2D eigenvalue weighted by Gasteiger charge is -2.10. The average Bonchev–Trinajstić information content (AvgIpc) is 2.59. The molecule has 0 bridgehead atoms. The topological polar surface area (TPSA) is 89.9 Å². The van der Waals surface area contributed by atoms with Crippen LogP contribution in [0.15, 0.2) is 59.5 Å². The summed E-state index contributed by atoms with van der Waals surface area (Å²) in [4.78, 5) is 10.8. The van der Waals surface area contributed by atoms with Crippen LogP contribution in [0.25, 0.3) is 4.91 Å². The summed E-state index contributed by atoms with van der Waals surface area (Å²) in [5.41, 5.74) is 0.258. The quantitative estimate of drug-likeness (QED) is 0.807. The number of methoxy groups -OCH3 is 2. The van der Waals surface area contributed by atoms with Gasteiger partial charge in [-0.2, -0.15) is 0 Å². The third kappa shape index (κ3) is 3.75. The van der Waals surface area contributed by atoms with Gasteiger partial charge in [0.1, 0.15) is 11.5 Å². The Morgan fingerprint density at radius 3 is 1.79 bits per heavy atom. The largest absolute Gasteiger partial charge is 0.497 e. The van der Waals surface area contributed by atoms with E-state index in [1.54, 1.807) is 12.1 Å². The predicted octanol–water partition coefficient (Wildman–Crippen LogP) is 2.60. The molecule has 0 radical (unpaired) electrons. The highest BCUT2D eigenvalue weighted by molar-refractivity contribution is 8.00. The molecule has 0 fully saturated rings. The molecule has 0 unspecified atom stereocenters. The highest BCUT2D eigenvalue weighted by Crippen LogP contribution is 2.30. The number of rotatable bonds is 6. The summed E-state index contributed by atoms with van der Waals surface area (Å²) < 4.78 is 35.7. The maximum Gasteiger partial charge on any atom is 0.329 e. The molecule has 126 valence electrons. The third-order valence-electron chi connectivity index (χ3n) is 3.29. The summed E-state index contributed by atoms with van der Waals surface area (Å²) in [6, 6.07) is 11.9. The van der Waals surface area contributed by atoms with Gasteiger partial charge in [-0.1, -0.05) is 0 Å². The van der Waals surface area contributed by atoms with Crippen LogP contribution < -0.4 is 9.47 Å². The molecule has 2 aromatic rings. The Hall–Kier alpha value is -2.80. The number of carbonyl (C=O) groups is 1. The summed E-state index contributed by atoms with van der Waals surface area (Å²) in [5, 5.41) is 9.05. The van der Waals surface area contributed by atoms with Gasteiger partial charge in [0.2, 0.25) is 9.84 Å². The zero-order valence-corrected chi connectivity index (χ0v) is 13.9. The van der Waals surface area contributed by atoms with E-state index in [1.165, 1.54) is 50.6 Å². The first-order chi connectivity index (χ1) is 11.4. The lowest BCUT2D eigenvalue weighted by molar-refractivity contribution is -0.131. The van der Waals surface area contributed by atoms with E-state index in [-0.39, 0.29) is 15.4 Å². The van der Waals surface area contributed by atoms with Crippen LogP contribution in [0.4, 0.5) is 0 Å². The van der Waals surface area contributed by atoms with Crippen molar-refractivity contribution in [1.29, 1.82) is 0 Å². The number of carboxylic acids is 1. The van der Waals surface area contributed by atoms with Crippen molar-refractivity contribution >= 4 is 20.7 Å². The number of sulfone groups is 1. The number of hydrogen-bond acceptors (Lipinski definition) is 5. The monoisotopic (exact) mass is 348 g/mol. The zero-order valence-electron chi connectivity index (χ0n) is 13.1. The summed E-state index contributed by atoms with van der Waals surface area (Å²) in [7, 11) is -1.06. The molecule has 2 aromatic carbocycles. The fourth-order valence-electron chi connectivity index (χ4n) is 2.07. The fourth-order valence-corrected chi connectivity index (χ4v) is 3.52. The molecule has 0 atom stereocenters. The zero-order chi connectivity index (χ0) is 17.7. The molecule has 0 saturated heterocycles. The van der Waals surface area contributed by atoms with Crippen molar-refractivity contribution in [2.45, 2.75) is 4.90 Å². The molecular weight excluding hydrogens is 332 g/mol. The summed E-state index contributed by atoms with van der Waals surface area (Å²) in [6.45, 7) is 0. The van der Waals surface area contributed by atoms with Crippen molar-refractivity contribution in [3.63, 3.8) is 0 Å². The van der Waals surface area contributed by atoms with E-state index in [2.05, 4.69) is 0 Å². The van der Waals surface area contributed by atoms with Gasteiger partial charge in [-0.15, -0.1) is 0 Å². The van der Waals surface area contributed by atoms with Gasteiger partial charge < -0.3 is 14.6 Å². The van der Waals surface area contributed by atoms with Gasteiger partial charge in [0.05, 0.1) is 24.0 Å². The van der Waals surface area contributed by atoms with Crippen LogP contribution in [0.3, 0.4) is 0 Å². The van der Waals surface area contributed by atoms with E-state index in [0.29, 0.717) is 17.6 Å². The van der Waals surface area contributed by atoms with Crippen molar-refractivity contribution in [3.8, 4) is 11.5 Å². The summed E-state index contributed by atoms with van der Waals surface area (Å²) in [5.74, 6) is -0.310. The molecule has 0 spiro atoms. The Labute approximate surface area is 139 Å². The highest BCUT2D eigenvalue weighted by atomic mass is 32.2. The third-order valence-corrected chi connectivity index (χ3v) is 5.11. The van der Waals surface area contributed by atoms with Gasteiger partial charge in [0, 0.05) is 6.08 Å². The number of carboxylic acid groups (broad SMARTS) is 1. The van der Waals surface area contributed by atoms with E-state index >= 15 is 0 Å². The molecule has 2 rings (SSSR count). The van der Waals surface area contributed by atoms with E-state index in [0.717, 1.165) is 0 Å². The van der Waals surface area contributed by atoms with Crippen LogP contribution in [0.1, 0.15) is 5.56 Å². The van der Waals surface area contributed by atoms with Gasteiger partial charge in [-0.3, -0.25) is 0 Å². The van der Waals surface area contributed by atoms with E-state index in [9.17, 15) is 13.2 Å². The fraction of sp³-hybridized carbons (Fsp3) is 0.118. The number of benzene rings is 2. The molecule has 0 heterocycles. The van der Waals surface area contributed by atoms with Crippen LogP contribution in [0.2, 0.25) is 0 Å². The van der Waals surface area contributed by atoms with E-state index < -0.39 is 15.8 Å². The standard InChI is InChI=1S/C17H16O6S/c1-22-13-5-3-12(4-6-13)16(11-17(18)19)24(20,21)15-9-7-14(23-2)8-10-15/h3-11H,1-2H3,(H,18,19)/b16-11+. The number of hydrogen-bond donors (Lipinski definition) is 1. The lowest BCUT2D eigenvalue weighted by Crippen LogP contribution is -2.07. The Bertz CT molecular complexity index is 849. The van der Waals surface area contributed by atoms with Crippen LogP contribution >= 0.6 is 0 Å². The Kier molecular flexibility index (Phi) is 5.25. The van der Waals surface area contributed by atoms with Gasteiger partial charge in [0.15, 0.2) is 0 Å². The van der Waals surface area contributed by atoms with Crippen molar-refractivity contribution in [1.82, 2.24) is 0 Å². The first kappa shape index (κ1) is 17.6. The molecule has 0 amide bonds. The second kappa shape index (κ2) is 7.18. The Morgan fingerprint density at radius 1 is 0.917 bits per heavy atom.